The molecule has 3 N–H and O–H groups in total. The van der Waals surface area contributed by atoms with Gasteiger partial charge in [0.2, 0.25) is 0 Å². The third-order valence-corrected chi connectivity index (χ3v) is 4.63. The molecule has 0 saturated carbocycles. The molecular formula is C22H29F3IN3O3. The number of alkyl halides is 3. The Hall–Kier alpha value is -2.21. The molecular weight excluding hydrogens is 538 g/mol. The molecule has 0 aliphatic heterocycles. The number of ether oxygens (including phenoxy) is 2. The molecule has 0 fully saturated rings. The molecule has 2 aromatic carbocycles. The minimum Gasteiger partial charge on any atom is -0.497 e. The van der Waals surface area contributed by atoms with Gasteiger partial charge in [0, 0.05) is 12.1 Å². The van der Waals surface area contributed by atoms with Gasteiger partial charge in [0.15, 0.2) is 5.96 Å². The molecule has 6 nitrogen and oxygen atoms in total. The lowest BCUT2D eigenvalue weighted by atomic mass is 10.1. The monoisotopic (exact) mass is 567 g/mol. The van der Waals surface area contributed by atoms with Crippen molar-refractivity contribution in [2.45, 2.75) is 32.2 Å². The molecule has 0 saturated heterocycles. The number of benzene rings is 2. The van der Waals surface area contributed by atoms with Crippen molar-refractivity contribution in [3.05, 3.63) is 59.2 Å². The normalized spacial score (nSPS) is 13.6. The second kappa shape index (κ2) is 12.7. The van der Waals surface area contributed by atoms with Crippen molar-refractivity contribution in [3.63, 3.8) is 0 Å². The maximum absolute atomic E-state index is 13.0. The van der Waals surface area contributed by atoms with E-state index in [0.717, 1.165) is 12.1 Å². The van der Waals surface area contributed by atoms with Crippen LogP contribution >= 0.6 is 24.0 Å². The summed E-state index contributed by atoms with van der Waals surface area (Å²) >= 11 is 0. The largest absolute Gasteiger partial charge is 0.497 e. The van der Waals surface area contributed by atoms with Gasteiger partial charge in [-0.15, -0.1) is 24.0 Å². The Kier molecular flexibility index (Phi) is 11.1. The summed E-state index contributed by atoms with van der Waals surface area (Å²) in [6.45, 7) is 4.16. The number of rotatable bonds is 8. The zero-order valence-corrected chi connectivity index (χ0v) is 20.7. The van der Waals surface area contributed by atoms with Crippen LogP contribution in [0.1, 0.15) is 42.7 Å². The van der Waals surface area contributed by atoms with Gasteiger partial charge >= 0.3 is 6.18 Å². The molecule has 0 aliphatic rings. The second-order valence-corrected chi connectivity index (χ2v) is 6.83. The number of aliphatic imine (C=N–C) groups is 1. The molecule has 0 heterocycles. The van der Waals surface area contributed by atoms with Gasteiger partial charge in [-0.3, -0.25) is 4.99 Å². The first-order valence-corrected chi connectivity index (χ1v) is 9.81. The number of hydrogen-bond donors (Lipinski definition) is 3. The van der Waals surface area contributed by atoms with E-state index in [1.807, 2.05) is 6.92 Å². The summed E-state index contributed by atoms with van der Waals surface area (Å²) in [5.41, 5.74) is 0.281. The van der Waals surface area contributed by atoms with Crippen LogP contribution in [0.3, 0.4) is 0 Å². The highest BCUT2D eigenvalue weighted by Crippen LogP contribution is 2.31. The molecule has 32 heavy (non-hydrogen) atoms. The van der Waals surface area contributed by atoms with Crippen LogP contribution < -0.4 is 20.1 Å². The van der Waals surface area contributed by atoms with Crippen LogP contribution in [0.2, 0.25) is 0 Å². The smallest absolute Gasteiger partial charge is 0.416 e. The van der Waals surface area contributed by atoms with Crippen molar-refractivity contribution in [3.8, 4) is 11.5 Å². The van der Waals surface area contributed by atoms with Gasteiger partial charge in [-0.2, -0.15) is 13.2 Å². The molecule has 0 aliphatic carbocycles. The fraction of sp³-hybridized carbons (Fsp3) is 0.409. The molecule has 0 bridgehead atoms. The van der Waals surface area contributed by atoms with Gasteiger partial charge < -0.3 is 25.2 Å². The third kappa shape index (κ3) is 7.73. The Bertz CT molecular complexity index is 894. The van der Waals surface area contributed by atoms with E-state index < -0.39 is 23.9 Å². The minimum atomic E-state index is -4.41. The van der Waals surface area contributed by atoms with Crippen LogP contribution in [-0.2, 0) is 6.18 Å². The standard InChI is InChI=1S/C22H28F3N3O3.HI/c1-5-26-21(28-14(2)15-7-6-8-16(11-15)22(23,24)25)27-13-19(29)18-12-17(30-3)9-10-20(18)31-4;/h6-12,14,19,29H,5,13H2,1-4H3,(H2,26,27,28);1H. The van der Waals surface area contributed by atoms with Crippen molar-refractivity contribution in [1.29, 1.82) is 0 Å². The van der Waals surface area contributed by atoms with Crippen molar-refractivity contribution >= 4 is 29.9 Å². The molecule has 178 valence electrons. The lowest BCUT2D eigenvalue weighted by Gasteiger charge is -2.20. The van der Waals surface area contributed by atoms with Gasteiger partial charge in [0.25, 0.3) is 0 Å². The van der Waals surface area contributed by atoms with Crippen molar-refractivity contribution in [1.82, 2.24) is 10.6 Å². The number of halogens is 4. The summed E-state index contributed by atoms with van der Waals surface area (Å²) in [5.74, 6) is 1.44. The number of hydrogen-bond acceptors (Lipinski definition) is 4. The fourth-order valence-corrected chi connectivity index (χ4v) is 2.97. The van der Waals surface area contributed by atoms with Gasteiger partial charge in [-0.1, -0.05) is 12.1 Å². The van der Waals surface area contributed by atoms with Crippen molar-refractivity contribution in [2.24, 2.45) is 4.99 Å². The van der Waals surface area contributed by atoms with Gasteiger partial charge in [0.1, 0.15) is 17.6 Å². The summed E-state index contributed by atoms with van der Waals surface area (Å²) in [7, 11) is 3.03. The molecule has 10 heteroatoms. The lowest BCUT2D eigenvalue weighted by Crippen LogP contribution is -2.39. The van der Waals surface area contributed by atoms with E-state index in [1.165, 1.54) is 20.3 Å². The van der Waals surface area contributed by atoms with E-state index >= 15 is 0 Å². The predicted octanol–water partition coefficient (Wildman–Crippen LogP) is 4.69. The molecule has 0 amide bonds. The van der Waals surface area contributed by atoms with Crippen LogP contribution in [0, 0.1) is 0 Å². The lowest BCUT2D eigenvalue weighted by molar-refractivity contribution is -0.137. The summed E-state index contributed by atoms with van der Waals surface area (Å²) in [6, 6.07) is 9.78. The van der Waals surface area contributed by atoms with Crippen molar-refractivity contribution < 1.29 is 27.8 Å². The van der Waals surface area contributed by atoms with Gasteiger partial charge in [-0.25, -0.2) is 0 Å². The molecule has 0 aromatic heterocycles. The quantitative estimate of drug-likeness (QED) is 0.245. The predicted molar refractivity (Wildman–Crippen MR) is 129 cm³/mol. The summed E-state index contributed by atoms with van der Waals surface area (Å²) < 4.78 is 49.5. The Morgan fingerprint density at radius 3 is 2.44 bits per heavy atom. The fourth-order valence-electron chi connectivity index (χ4n) is 2.97. The van der Waals surface area contributed by atoms with Crippen LogP contribution in [0.25, 0.3) is 0 Å². The SMILES string of the molecule is CCNC(=NCC(O)c1cc(OC)ccc1OC)NC(C)c1cccc(C(F)(F)F)c1.I. The number of aliphatic hydroxyl groups is 1. The first-order chi connectivity index (χ1) is 14.7. The number of nitrogens with zero attached hydrogens (tertiary/aromatic N) is 1. The van der Waals surface area contributed by atoms with E-state index in [2.05, 4.69) is 15.6 Å². The van der Waals surface area contributed by atoms with E-state index in [9.17, 15) is 18.3 Å². The molecule has 2 unspecified atom stereocenters. The van der Waals surface area contributed by atoms with Gasteiger partial charge in [0.05, 0.1) is 32.4 Å². The van der Waals surface area contributed by atoms with Gasteiger partial charge in [-0.05, 0) is 49.7 Å². The maximum atomic E-state index is 13.0. The number of aliphatic hydroxyl groups excluding tert-OH is 1. The highest BCUT2D eigenvalue weighted by atomic mass is 127. The zero-order valence-electron chi connectivity index (χ0n) is 18.4. The zero-order chi connectivity index (χ0) is 23.0. The first kappa shape index (κ1) is 27.8. The Labute approximate surface area is 203 Å². The molecule has 2 rings (SSSR count). The Morgan fingerprint density at radius 1 is 1.12 bits per heavy atom. The van der Waals surface area contributed by atoms with Crippen LogP contribution in [-0.4, -0.2) is 38.4 Å². The molecule has 2 aromatic rings. The van der Waals surface area contributed by atoms with Crippen LogP contribution in [0.4, 0.5) is 13.2 Å². The summed E-state index contributed by atoms with van der Waals surface area (Å²) in [6.07, 6.45) is -5.38. The highest BCUT2D eigenvalue weighted by molar-refractivity contribution is 14.0. The van der Waals surface area contributed by atoms with Crippen molar-refractivity contribution in [2.75, 3.05) is 27.3 Å². The number of guanidine groups is 1. The Balaban J connectivity index is 0.00000512. The number of nitrogens with one attached hydrogen (secondary N) is 2. The van der Waals surface area contributed by atoms with E-state index in [4.69, 9.17) is 9.47 Å². The van der Waals surface area contributed by atoms with E-state index in [0.29, 0.717) is 35.1 Å². The van der Waals surface area contributed by atoms with E-state index in [1.54, 1.807) is 31.2 Å². The average Bonchev–Trinajstić information content (AvgIpc) is 2.76. The Morgan fingerprint density at radius 2 is 1.84 bits per heavy atom. The average molecular weight is 567 g/mol. The maximum Gasteiger partial charge on any atom is 0.416 e. The molecule has 0 spiro atoms. The van der Waals surface area contributed by atoms with E-state index in [-0.39, 0.29) is 30.5 Å². The number of methoxy groups -OCH3 is 2. The highest BCUT2D eigenvalue weighted by Gasteiger charge is 2.30. The second-order valence-electron chi connectivity index (χ2n) is 6.83. The molecule has 2 atom stereocenters. The van der Waals surface area contributed by atoms with Crippen LogP contribution in [0.5, 0.6) is 11.5 Å². The minimum absolute atomic E-state index is 0. The van der Waals surface area contributed by atoms with Crippen LogP contribution in [0.15, 0.2) is 47.5 Å². The summed E-state index contributed by atoms with van der Waals surface area (Å²) in [5, 5.41) is 16.7. The molecule has 0 radical (unpaired) electrons. The summed E-state index contributed by atoms with van der Waals surface area (Å²) in [4.78, 5) is 4.38. The first-order valence-electron chi connectivity index (χ1n) is 9.81. The topological polar surface area (TPSA) is 75.1 Å². The third-order valence-electron chi connectivity index (χ3n) is 4.63.